The lowest BCUT2D eigenvalue weighted by atomic mass is 10.1. The highest BCUT2D eigenvalue weighted by Crippen LogP contribution is 2.28. The summed E-state index contributed by atoms with van der Waals surface area (Å²) < 4.78 is 28.9. The maximum absolute atomic E-state index is 12.0. The zero-order valence-electron chi connectivity index (χ0n) is 11.8. The molecular weight excluding hydrogens is 294 g/mol. The topological polar surface area (TPSA) is 34.1 Å². The number of thiazole rings is 1. The van der Waals surface area contributed by atoms with Crippen molar-refractivity contribution < 1.29 is 13.5 Å². The van der Waals surface area contributed by atoms with Crippen LogP contribution in [0.5, 0.6) is 0 Å². The first-order valence-corrected chi connectivity index (χ1v) is 7.57. The molecule has 2 aromatic rings. The van der Waals surface area contributed by atoms with Gasteiger partial charge in [-0.05, 0) is 7.05 Å². The van der Waals surface area contributed by atoms with Gasteiger partial charge in [0.2, 0.25) is 0 Å². The first-order valence-electron chi connectivity index (χ1n) is 6.75. The molecule has 0 aliphatic carbocycles. The second-order valence-electron chi connectivity index (χ2n) is 4.49. The largest absolute Gasteiger partial charge is 0.375 e. The average molecular weight is 312 g/mol. The summed E-state index contributed by atoms with van der Waals surface area (Å²) >= 11 is 1.60. The normalized spacial score (nSPS) is 11.2. The molecule has 1 aromatic heterocycles. The number of nitrogens with zero attached hydrogens (tertiary/aromatic N) is 1. The molecule has 0 unspecified atom stereocenters. The Morgan fingerprint density at radius 1 is 1.29 bits per heavy atom. The predicted octanol–water partition coefficient (Wildman–Crippen LogP) is 3.35. The molecule has 0 saturated carbocycles. The molecule has 3 nitrogen and oxygen atoms in total. The van der Waals surface area contributed by atoms with Crippen molar-refractivity contribution in [3.05, 3.63) is 40.2 Å². The molecule has 0 aliphatic rings. The Bertz CT molecular complexity index is 546. The third-order valence-corrected chi connectivity index (χ3v) is 3.95. The molecule has 0 radical (unpaired) electrons. The number of alkyl halides is 2. The molecule has 114 valence electrons. The Labute approximate surface area is 127 Å². The van der Waals surface area contributed by atoms with E-state index in [9.17, 15) is 8.78 Å². The molecule has 0 spiro atoms. The van der Waals surface area contributed by atoms with Crippen molar-refractivity contribution in [1.29, 1.82) is 0 Å². The first kappa shape index (κ1) is 16.0. The second-order valence-corrected chi connectivity index (χ2v) is 5.66. The summed E-state index contributed by atoms with van der Waals surface area (Å²) in [7, 11) is 1.89. The Morgan fingerprint density at radius 2 is 2.05 bits per heavy atom. The van der Waals surface area contributed by atoms with E-state index in [4.69, 9.17) is 4.74 Å². The van der Waals surface area contributed by atoms with Gasteiger partial charge in [-0.3, -0.25) is 0 Å². The average Bonchev–Trinajstić information content (AvgIpc) is 2.88. The van der Waals surface area contributed by atoms with Crippen LogP contribution < -0.4 is 5.32 Å². The molecule has 6 heteroatoms. The van der Waals surface area contributed by atoms with E-state index in [1.54, 1.807) is 11.3 Å². The smallest absolute Gasteiger partial charge is 0.261 e. The van der Waals surface area contributed by atoms with Crippen molar-refractivity contribution in [3.8, 4) is 11.3 Å². The number of hydrogen-bond donors (Lipinski definition) is 1. The van der Waals surface area contributed by atoms with E-state index in [2.05, 4.69) is 10.3 Å². The van der Waals surface area contributed by atoms with Gasteiger partial charge in [0.25, 0.3) is 6.43 Å². The Morgan fingerprint density at radius 3 is 2.71 bits per heavy atom. The number of hydrogen-bond acceptors (Lipinski definition) is 4. The van der Waals surface area contributed by atoms with Gasteiger partial charge in [0.15, 0.2) is 0 Å². The lowest BCUT2D eigenvalue weighted by Crippen LogP contribution is -2.06. The van der Waals surface area contributed by atoms with Crippen molar-refractivity contribution in [1.82, 2.24) is 10.3 Å². The van der Waals surface area contributed by atoms with Gasteiger partial charge in [0, 0.05) is 23.4 Å². The Hall–Kier alpha value is -1.37. The highest BCUT2D eigenvalue weighted by atomic mass is 32.1. The SMILES string of the molecule is CNCc1sc(CCOCC(F)F)nc1-c1ccccc1. The fourth-order valence-corrected chi connectivity index (χ4v) is 3.02. The number of benzene rings is 1. The van der Waals surface area contributed by atoms with Gasteiger partial charge in [-0.15, -0.1) is 11.3 Å². The van der Waals surface area contributed by atoms with Crippen LogP contribution in [0.15, 0.2) is 30.3 Å². The zero-order chi connectivity index (χ0) is 15.1. The Balaban J connectivity index is 2.06. The second kappa shape index (κ2) is 8.17. The van der Waals surface area contributed by atoms with Gasteiger partial charge in [0.05, 0.1) is 17.3 Å². The van der Waals surface area contributed by atoms with Gasteiger partial charge in [-0.25, -0.2) is 13.8 Å². The van der Waals surface area contributed by atoms with E-state index in [-0.39, 0.29) is 6.61 Å². The van der Waals surface area contributed by atoms with Crippen LogP contribution in [0.4, 0.5) is 8.78 Å². The minimum absolute atomic E-state index is 0.269. The Kier molecular flexibility index (Phi) is 6.22. The van der Waals surface area contributed by atoms with E-state index in [0.717, 1.165) is 27.7 Å². The number of ether oxygens (including phenoxy) is 1. The molecular formula is C15H18F2N2OS. The van der Waals surface area contributed by atoms with E-state index in [1.165, 1.54) is 0 Å². The number of rotatable bonds is 8. The van der Waals surface area contributed by atoms with E-state index >= 15 is 0 Å². The first-order chi connectivity index (χ1) is 10.2. The molecule has 1 N–H and O–H groups in total. The van der Waals surface area contributed by atoms with Crippen molar-refractivity contribution in [2.75, 3.05) is 20.3 Å². The van der Waals surface area contributed by atoms with Crippen LogP contribution in [0.2, 0.25) is 0 Å². The van der Waals surface area contributed by atoms with Crippen LogP contribution in [0.25, 0.3) is 11.3 Å². The van der Waals surface area contributed by atoms with Gasteiger partial charge in [0.1, 0.15) is 6.61 Å². The minimum Gasteiger partial charge on any atom is -0.375 e. The quantitative estimate of drug-likeness (QED) is 0.759. The van der Waals surface area contributed by atoms with E-state index < -0.39 is 13.0 Å². The molecule has 1 heterocycles. The van der Waals surface area contributed by atoms with Crippen LogP contribution in [0, 0.1) is 0 Å². The number of nitrogens with one attached hydrogen (secondary N) is 1. The van der Waals surface area contributed by atoms with Crippen molar-refractivity contribution in [2.45, 2.75) is 19.4 Å². The lowest BCUT2D eigenvalue weighted by molar-refractivity contribution is 0.0187. The highest BCUT2D eigenvalue weighted by molar-refractivity contribution is 7.12. The lowest BCUT2D eigenvalue weighted by Gasteiger charge is -2.01. The summed E-state index contributed by atoms with van der Waals surface area (Å²) in [6.07, 6.45) is -1.86. The van der Waals surface area contributed by atoms with E-state index in [1.807, 2.05) is 37.4 Å². The summed E-state index contributed by atoms with van der Waals surface area (Å²) in [4.78, 5) is 5.77. The summed E-state index contributed by atoms with van der Waals surface area (Å²) in [5.41, 5.74) is 2.03. The summed E-state index contributed by atoms with van der Waals surface area (Å²) in [6, 6.07) is 9.95. The van der Waals surface area contributed by atoms with Crippen LogP contribution in [0.1, 0.15) is 9.88 Å². The van der Waals surface area contributed by atoms with Crippen LogP contribution in [0.3, 0.4) is 0 Å². The maximum atomic E-state index is 12.0. The van der Waals surface area contributed by atoms with Gasteiger partial charge in [-0.1, -0.05) is 30.3 Å². The number of aromatic nitrogens is 1. The van der Waals surface area contributed by atoms with Crippen LogP contribution >= 0.6 is 11.3 Å². The fourth-order valence-electron chi connectivity index (χ4n) is 1.94. The molecule has 0 bridgehead atoms. The van der Waals surface area contributed by atoms with Crippen molar-refractivity contribution >= 4 is 11.3 Å². The van der Waals surface area contributed by atoms with Gasteiger partial charge >= 0.3 is 0 Å². The third-order valence-electron chi connectivity index (χ3n) is 2.83. The summed E-state index contributed by atoms with van der Waals surface area (Å²) in [5, 5.41) is 4.04. The van der Waals surface area contributed by atoms with E-state index in [0.29, 0.717) is 6.42 Å². The number of halogens is 2. The summed E-state index contributed by atoms with van der Waals surface area (Å²) in [6.45, 7) is 0.491. The van der Waals surface area contributed by atoms with Crippen LogP contribution in [-0.2, 0) is 17.7 Å². The van der Waals surface area contributed by atoms with Gasteiger partial charge < -0.3 is 10.1 Å². The van der Waals surface area contributed by atoms with Crippen molar-refractivity contribution in [3.63, 3.8) is 0 Å². The monoisotopic (exact) mass is 312 g/mol. The minimum atomic E-state index is -2.42. The molecule has 1 aromatic carbocycles. The van der Waals surface area contributed by atoms with Crippen LogP contribution in [-0.4, -0.2) is 31.7 Å². The molecule has 0 fully saturated rings. The summed E-state index contributed by atoms with van der Waals surface area (Å²) in [5.74, 6) is 0. The molecule has 0 atom stereocenters. The standard InChI is InChI=1S/C15H18F2N2OS/c1-18-9-12-15(11-5-3-2-4-6-11)19-14(21-12)7-8-20-10-13(16)17/h2-6,13,18H,7-10H2,1H3. The maximum Gasteiger partial charge on any atom is 0.261 e. The molecule has 0 saturated heterocycles. The molecule has 2 rings (SSSR count). The highest BCUT2D eigenvalue weighted by Gasteiger charge is 2.12. The molecule has 21 heavy (non-hydrogen) atoms. The fraction of sp³-hybridized carbons (Fsp3) is 0.400. The van der Waals surface area contributed by atoms with Gasteiger partial charge in [-0.2, -0.15) is 0 Å². The predicted molar refractivity (Wildman–Crippen MR) is 80.8 cm³/mol. The molecule has 0 aliphatic heterocycles. The zero-order valence-corrected chi connectivity index (χ0v) is 12.6. The van der Waals surface area contributed by atoms with Crippen molar-refractivity contribution in [2.24, 2.45) is 0 Å². The molecule has 0 amide bonds. The third kappa shape index (κ3) is 4.84.